The number of aryl methyl sites for hydroxylation is 3. The normalized spacial score (nSPS) is 10.9. The van der Waals surface area contributed by atoms with Gasteiger partial charge in [-0.15, -0.1) is 0 Å². The molecule has 0 fully saturated rings. The highest BCUT2D eigenvalue weighted by atomic mass is 16.5. The van der Waals surface area contributed by atoms with Crippen molar-refractivity contribution >= 4 is 5.69 Å². The lowest BCUT2D eigenvalue weighted by molar-refractivity contribution is 0.371. The number of unbranched alkanes of at least 4 members (excludes halogenated alkanes) is 1. The first-order valence-corrected chi connectivity index (χ1v) is 6.57. The Kier molecular flexibility index (Phi) is 4.19. The fraction of sp³-hybridized carbons (Fsp3) is 0.615. The quantitative estimate of drug-likeness (QED) is 0.799. The molecule has 0 aromatic carbocycles. The van der Waals surface area contributed by atoms with Gasteiger partial charge in [-0.05, 0) is 20.3 Å². The molecule has 19 heavy (non-hydrogen) atoms. The van der Waals surface area contributed by atoms with Gasteiger partial charge in [-0.3, -0.25) is 0 Å². The predicted molar refractivity (Wildman–Crippen MR) is 71.0 cm³/mol. The molecule has 6 nitrogen and oxygen atoms in total. The lowest BCUT2D eigenvalue weighted by Crippen LogP contribution is -2.17. The van der Waals surface area contributed by atoms with Crippen molar-refractivity contribution in [3.63, 3.8) is 0 Å². The van der Waals surface area contributed by atoms with E-state index >= 15 is 0 Å². The summed E-state index contributed by atoms with van der Waals surface area (Å²) in [4.78, 5) is 6.40. The molecule has 0 N–H and O–H groups in total. The summed E-state index contributed by atoms with van der Waals surface area (Å²) in [6.45, 7) is 6.52. The van der Waals surface area contributed by atoms with Crippen LogP contribution < -0.4 is 4.90 Å². The summed E-state index contributed by atoms with van der Waals surface area (Å²) in [7, 11) is 1.96. The van der Waals surface area contributed by atoms with E-state index < -0.39 is 0 Å². The van der Waals surface area contributed by atoms with Gasteiger partial charge in [0, 0.05) is 13.5 Å². The van der Waals surface area contributed by atoms with Gasteiger partial charge in [-0.1, -0.05) is 23.7 Å². The van der Waals surface area contributed by atoms with Crippen molar-refractivity contribution in [3.8, 4) is 0 Å². The van der Waals surface area contributed by atoms with Crippen LogP contribution in [-0.4, -0.2) is 22.3 Å². The third kappa shape index (κ3) is 3.13. The Balaban J connectivity index is 2.03. The zero-order chi connectivity index (χ0) is 13.8. The van der Waals surface area contributed by atoms with E-state index in [1.54, 1.807) is 0 Å². The van der Waals surface area contributed by atoms with Crippen molar-refractivity contribution in [2.24, 2.45) is 0 Å². The summed E-state index contributed by atoms with van der Waals surface area (Å²) < 4.78 is 10.4. The maximum absolute atomic E-state index is 5.26. The molecule has 0 spiro atoms. The molecule has 0 bridgehead atoms. The summed E-state index contributed by atoms with van der Waals surface area (Å²) in [5, 5.41) is 7.92. The second-order valence-corrected chi connectivity index (χ2v) is 4.74. The lowest BCUT2D eigenvalue weighted by atomic mass is 10.2. The Bertz CT molecular complexity index is 513. The van der Waals surface area contributed by atoms with Crippen LogP contribution in [0.2, 0.25) is 0 Å². The fourth-order valence-electron chi connectivity index (χ4n) is 2.10. The third-order valence-electron chi connectivity index (χ3n) is 3.01. The molecule has 0 aliphatic carbocycles. The number of anilines is 1. The zero-order valence-electron chi connectivity index (χ0n) is 11.9. The number of hydrogen-bond donors (Lipinski definition) is 0. The maximum atomic E-state index is 5.26. The van der Waals surface area contributed by atoms with E-state index in [-0.39, 0.29) is 0 Å². The average molecular weight is 264 g/mol. The van der Waals surface area contributed by atoms with Gasteiger partial charge in [-0.2, -0.15) is 4.98 Å². The van der Waals surface area contributed by atoms with Crippen LogP contribution in [0.3, 0.4) is 0 Å². The molecule has 0 radical (unpaired) electrons. The monoisotopic (exact) mass is 264 g/mol. The molecule has 0 aliphatic rings. The lowest BCUT2D eigenvalue weighted by Gasteiger charge is -2.15. The van der Waals surface area contributed by atoms with E-state index in [0.717, 1.165) is 42.2 Å². The molecule has 2 rings (SSSR count). The Morgan fingerprint density at radius 3 is 2.58 bits per heavy atom. The van der Waals surface area contributed by atoms with Gasteiger partial charge in [0.05, 0.1) is 6.54 Å². The Labute approximate surface area is 112 Å². The number of hydrogen-bond acceptors (Lipinski definition) is 6. The predicted octanol–water partition coefficient (Wildman–Crippen LogP) is 2.65. The molecular weight excluding hydrogens is 244 g/mol. The molecule has 0 saturated heterocycles. The molecule has 2 aromatic rings. The highest BCUT2D eigenvalue weighted by molar-refractivity contribution is 5.51. The Hall–Kier alpha value is -1.85. The molecule has 6 heteroatoms. The van der Waals surface area contributed by atoms with E-state index in [2.05, 4.69) is 22.2 Å². The van der Waals surface area contributed by atoms with Gasteiger partial charge >= 0.3 is 0 Å². The van der Waals surface area contributed by atoms with E-state index in [1.807, 2.05) is 25.8 Å². The molecule has 0 saturated carbocycles. The van der Waals surface area contributed by atoms with Gasteiger partial charge < -0.3 is 13.9 Å². The van der Waals surface area contributed by atoms with E-state index in [0.29, 0.717) is 12.4 Å². The summed E-state index contributed by atoms with van der Waals surface area (Å²) in [5.41, 5.74) is 1.85. The van der Waals surface area contributed by atoms with Crippen molar-refractivity contribution in [1.29, 1.82) is 0 Å². The summed E-state index contributed by atoms with van der Waals surface area (Å²) in [6.07, 6.45) is 3.08. The maximum Gasteiger partial charge on any atom is 0.246 e. The van der Waals surface area contributed by atoms with Crippen molar-refractivity contribution in [2.45, 2.75) is 46.6 Å². The van der Waals surface area contributed by atoms with Crippen LogP contribution in [0, 0.1) is 13.8 Å². The number of rotatable bonds is 6. The van der Waals surface area contributed by atoms with Crippen LogP contribution in [0.5, 0.6) is 0 Å². The first-order chi connectivity index (χ1) is 9.11. The summed E-state index contributed by atoms with van der Waals surface area (Å²) in [5.74, 6) is 2.20. The molecule has 104 valence electrons. The van der Waals surface area contributed by atoms with Crippen LogP contribution in [-0.2, 0) is 13.0 Å². The molecule has 0 atom stereocenters. The third-order valence-corrected chi connectivity index (χ3v) is 3.01. The number of aromatic nitrogens is 3. The summed E-state index contributed by atoms with van der Waals surface area (Å²) in [6, 6.07) is 0. The van der Waals surface area contributed by atoms with Crippen molar-refractivity contribution in [3.05, 3.63) is 23.2 Å². The van der Waals surface area contributed by atoms with Crippen LogP contribution in [0.4, 0.5) is 5.69 Å². The molecule has 2 heterocycles. The minimum absolute atomic E-state index is 0.558. The second-order valence-electron chi connectivity index (χ2n) is 4.74. The summed E-state index contributed by atoms with van der Waals surface area (Å²) >= 11 is 0. The van der Waals surface area contributed by atoms with Crippen LogP contribution in [0.1, 0.15) is 42.9 Å². The Morgan fingerprint density at radius 2 is 1.95 bits per heavy atom. The van der Waals surface area contributed by atoms with E-state index in [4.69, 9.17) is 9.05 Å². The van der Waals surface area contributed by atoms with Gasteiger partial charge in [0.15, 0.2) is 11.6 Å². The minimum Gasteiger partial charge on any atom is -0.361 e. The fourth-order valence-corrected chi connectivity index (χ4v) is 2.10. The standard InChI is InChI=1S/C13H20N4O2/c1-5-6-7-11-14-12(19-16-11)8-17(4)13-9(2)15-18-10(13)3/h5-8H2,1-4H3. The molecule has 2 aromatic heterocycles. The number of nitrogens with zero attached hydrogens (tertiary/aromatic N) is 4. The minimum atomic E-state index is 0.558. The van der Waals surface area contributed by atoms with Gasteiger partial charge in [0.25, 0.3) is 0 Å². The molecule has 0 unspecified atom stereocenters. The van der Waals surface area contributed by atoms with Gasteiger partial charge in [0.2, 0.25) is 5.89 Å². The van der Waals surface area contributed by atoms with Crippen molar-refractivity contribution in [1.82, 2.24) is 15.3 Å². The van der Waals surface area contributed by atoms with Crippen LogP contribution in [0.25, 0.3) is 0 Å². The van der Waals surface area contributed by atoms with Gasteiger partial charge in [0.1, 0.15) is 11.4 Å². The first kappa shape index (κ1) is 13.6. The largest absolute Gasteiger partial charge is 0.361 e. The van der Waals surface area contributed by atoms with Crippen molar-refractivity contribution in [2.75, 3.05) is 11.9 Å². The topological polar surface area (TPSA) is 68.2 Å². The van der Waals surface area contributed by atoms with E-state index in [9.17, 15) is 0 Å². The van der Waals surface area contributed by atoms with Gasteiger partial charge in [-0.25, -0.2) is 0 Å². The molecule has 0 amide bonds. The zero-order valence-corrected chi connectivity index (χ0v) is 11.9. The van der Waals surface area contributed by atoms with Crippen molar-refractivity contribution < 1.29 is 9.05 Å². The highest BCUT2D eigenvalue weighted by Crippen LogP contribution is 2.23. The Morgan fingerprint density at radius 1 is 1.16 bits per heavy atom. The van der Waals surface area contributed by atoms with E-state index in [1.165, 1.54) is 0 Å². The highest BCUT2D eigenvalue weighted by Gasteiger charge is 2.16. The van der Waals surface area contributed by atoms with Crippen LogP contribution >= 0.6 is 0 Å². The van der Waals surface area contributed by atoms with Crippen LogP contribution in [0.15, 0.2) is 9.05 Å². The average Bonchev–Trinajstić information content (AvgIpc) is 2.94. The second kappa shape index (κ2) is 5.86. The molecule has 0 aliphatic heterocycles. The first-order valence-electron chi connectivity index (χ1n) is 6.57. The SMILES string of the molecule is CCCCc1noc(CN(C)c2c(C)noc2C)n1. The smallest absolute Gasteiger partial charge is 0.246 e. The molecular formula is C13H20N4O2.